The maximum absolute atomic E-state index is 13.7. The van der Waals surface area contributed by atoms with Gasteiger partial charge in [-0.25, -0.2) is 15.0 Å². The molecule has 622 valence electrons. The van der Waals surface area contributed by atoms with Gasteiger partial charge in [0.1, 0.15) is 55.2 Å². The second-order valence-electron chi connectivity index (χ2n) is 27.5. The van der Waals surface area contributed by atoms with Gasteiger partial charge in [-0.1, -0.05) is 99.5 Å². The first-order chi connectivity index (χ1) is 56.4. The van der Waals surface area contributed by atoms with Crippen molar-refractivity contribution in [1.82, 2.24) is 34.0 Å². The number of unbranched alkanes of at least 4 members (excludes halogenated alkanes) is 5. The largest absolute Gasteiger partial charge is 0.466 e. The molecule has 35 nitrogen and oxygen atoms in total. The van der Waals surface area contributed by atoms with Crippen LogP contribution in [0.1, 0.15) is 183 Å². The van der Waals surface area contributed by atoms with Crippen LogP contribution in [0.15, 0.2) is 138 Å². The molecule has 1 amide bonds. The third-order valence-corrected chi connectivity index (χ3v) is 19.6. The van der Waals surface area contributed by atoms with Crippen LogP contribution < -0.4 is 5.32 Å². The molecule has 2 unspecified atom stereocenters. The molecule has 0 aliphatic heterocycles. The highest BCUT2D eigenvalue weighted by Gasteiger charge is 2.24. The number of fused-ring (bicyclic) bond motifs is 2. The second-order valence-corrected chi connectivity index (χ2v) is 28.3. The molecular weight excluding hydrogens is 1540 g/mol. The number of nitrogens with one attached hydrogen (secondary N) is 1. The van der Waals surface area contributed by atoms with Crippen LogP contribution in [0.5, 0.6) is 0 Å². The van der Waals surface area contributed by atoms with Gasteiger partial charge in [-0.05, 0) is 164 Å². The van der Waals surface area contributed by atoms with Crippen molar-refractivity contribution in [3.8, 4) is 22.5 Å². The van der Waals surface area contributed by atoms with Gasteiger partial charge in [0.25, 0.3) is 31.3 Å². The molecular formula is C81H94N12O23S. The number of para-hydroxylation sites is 2. The summed E-state index contributed by atoms with van der Waals surface area (Å²) >= 11 is 1.48. The van der Waals surface area contributed by atoms with Gasteiger partial charge in [-0.2, -0.15) is 11.3 Å². The number of ether oxygens (including phenoxy) is 2. The van der Waals surface area contributed by atoms with Crippen LogP contribution >= 0.6 is 11.3 Å². The van der Waals surface area contributed by atoms with E-state index in [4.69, 9.17) is 19.4 Å². The highest BCUT2D eigenvalue weighted by atomic mass is 32.1. The van der Waals surface area contributed by atoms with E-state index in [-0.39, 0.29) is 107 Å². The molecule has 0 radical (unpaired) electrons. The molecule has 0 aliphatic carbocycles. The third kappa shape index (κ3) is 29.2. The van der Waals surface area contributed by atoms with Crippen LogP contribution in [-0.4, -0.2) is 141 Å². The van der Waals surface area contributed by atoms with E-state index < -0.39 is 75.2 Å². The summed E-state index contributed by atoms with van der Waals surface area (Å²) in [6.07, 6.45) is 8.97. The van der Waals surface area contributed by atoms with Crippen molar-refractivity contribution in [1.29, 1.82) is 0 Å². The zero-order valence-electron chi connectivity index (χ0n) is 65.5. The van der Waals surface area contributed by atoms with E-state index in [2.05, 4.69) is 114 Å². The fourth-order valence-electron chi connectivity index (χ4n) is 12.9. The number of carbonyl (C=O) groups is 6. The molecule has 0 spiro atoms. The molecule has 0 bridgehead atoms. The number of hydrogen-bond acceptors (Lipinski definition) is 27. The number of benzene rings is 5. The summed E-state index contributed by atoms with van der Waals surface area (Å²) < 4.78 is 16.8. The third-order valence-electron chi connectivity index (χ3n) is 18.9. The van der Waals surface area contributed by atoms with Crippen LogP contribution in [0.3, 0.4) is 0 Å². The topological polar surface area (TPSA) is 448 Å². The molecule has 2 atom stereocenters. The number of esters is 2. The molecule has 4 aromatic heterocycles. The maximum atomic E-state index is 13.7. The predicted octanol–water partition coefficient (Wildman–Crippen LogP) is 13.9. The molecule has 4 heterocycles. The van der Waals surface area contributed by atoms with Crippen LogP contribution in [0.4, 0.5) is 0 Å². The Balaban J connectivity index is 0.000000301. The molecule has 1 N–H and O–H groups in total. The lowest BCUT2D eigenvalue weighted by Gasteiger charge is -2.13. The highest BCUT2D eigenvalue weighted by Crippen LogP contribution is 2.33. The van der Waals surface area contributed by atoms with E-state index in [1.807, 2.05) is 63.9 Å². The Hall–Kier alpha value is -12.9. The monoisotopic (exact) mass is 1630 g/mol. The van der Waals surface area contributed by atoms with E-state index in [1.54, 1.807) is 36.5 Å². The van der Waals surface area contributed by atoms with Crippen LogP contribution in [0.25, 0.3) is 50.7 Å². The first-order valence-corrected chi connectivity index (χ1v) is 39.4. The molecule has 117 heavy (non-hydrogen) atoms. The molecule has 36 heteroatoms. The lowest BCUT2D eigenvalue weighted by atomic mass is 9.94. The van der Waals surface area contributed by atoms with Crippen LogP contribution in [0, 0.1) is 57.5 Å². The highest BCUT2D eigenvalue weighted by molar-refractivity contribution is 7.08. The quantitative estimate of drug-likeness (QED) is 0.00923. The molecule has 0 aliphatic rings. The molecule has 5 aromatic carbocycles. The number of thiophene rings is 1. The SMILES string of the molecule is CCCCc1ncc(/C=C(\Cc2ccsc2)C(=O)CCC(=O)OCCCCC(CO[N+](=O)[O-])O[N+](=O)[O-])n1Cc1ccc(C(=O)NCC(=O)OCCCCC(CO[N+](=O)[O-])O[N+](=O)[O-])cc1.CCCc1nc2c(C)cc(-c3nc4ccccc4n3C)cc2n1Cc1ccc(-c2ccccc2C(=O)CCC(=O)CCCCCO[N+](=O)[O-])cc1. The number of imidazole rings is 3. The number of aromatic nitrogens is 6. The predicted molar refractivity (Wildman–Crippen MR) is 427 cm³/mol. The Morgan fingerprint density at radius 2 is 1.21 bits per heavy atom. The van der Waals surface area contributed by atoms with E-state index >= 15 is 0 Å². The average Bonchev–Trinajstić information content (AvgIpc) is 1.61. The second kappa shape index (κ2) is 46.5. The van der Waals surface area contributed by atoms with Crippen molar-refractivity contribution >= 4 is 74.7 Å². The summed E-state index contributed by atoms with van der Waals surface area (Å²) in [5.74, 6) is 0.559. The summed E-state index contributed by atoms with van der Waals surface area (Å²) in [4.78, 5) is 166. The fraction of sp³-hybridized carbons (Fsp3) is 0.420. The van der Waals surface area contributed by atoms with Gasteiger partial charge in [-0.15, -0.1) is 50.6 Å². The smallest absolute Gasteiger partial charge is 0.325 e. The lowest BCUT2D eigenvalue weighted by molar-refractivity contribution is -0.790. The maximum Gasteiger partial charge on any atom is 0.325 e. The first-order valence-electron chi connectivity index (χ1n) is 38.4. The van der Waals surface area contributed by atoms with Gasteiger partial charge in [0, 0.05) is 87.3 Å². The van der Waals surface area contributed by atoms with Crippen LogP contribution in [-0.2, 0) is 92.2 Å². The number of carbonyl (C=O) groups excluding carboxylic acids is 6. The molecule has 0 saturated heterocycles. The summed E-state index contributed by atoms with van der Waals surface area (Å²) in [6, 6.07) is 37.1. The zero-order valence-corrected chi connectivity index (χ0v) is 66.3. The Labute approximate surface area is 676 Å². The number of aryl methyl sites for hydroxylation is 4. The minimum Gasteiger partial charge on any atom is -0.466 e. The number of ketones is 3. The first kappa shape index (κ1) is 89.7. The van der Waals surface area contributed by atoms with E-state index in [0.29, 0.717) is 68.4 Å². The Bertz CT molecular complexity index is 4910. The van der Waals surface area contributed by atoms with E-state index in [0.717, 1.165) is 104 Å². The van der Waals surface area contributed by atoms with E-state index in [9.17, 15) is 79.3 Å². The van der Waals surface area contributed by atoms with Gasteiger partial charge in [-0.3, -0.25) is 28.8 Å². The number of nitrogens with zero attached hydrogens (tertiary/aromatic N) is 11. The van der Waals surface area contributed by atoms with Crippen molar-refractivity contribution in [3.63, 3.8) is 0 Å². The molecule has 0 fully saturated rings. The molecule has 9 rings (SSSR count). The average molecular weight is 1640 g/mol. The summed E-state index contributed by atoms with van der Waals surface area (Å²) in [7, 11) is 2.06. The Morgan fingerprint density at radius 1 is 0.573 bits per heavy atom. The Morgan fingerprint density at radius 3 is 1.84 bits per heavy atom. The van der Waals surface area contributed by atoms with Crippen molar-refractivity contribution < 1.29 is 87.9 Å². The minimum atomic E-state index is -1.17. The number of Topliss-reactive ketones (excluding diaryl/α,β-unsaturated/α-hetero) is 3. The van der Waals surface area contributed by atoms with Gasteiger partial charge >= 0.3 is 11.9 Å². The molecule has 0 saturated carbocycles. The standard InChI is InChI=1S/C41H43N5O5.C40H51N7O18S/c1-4-12-39-43-40-28(2)25-31(41-42-35-16-9-10-17-36(35)44(41)3)26-37(40)45(39)27-29-18-20-30(21-19-29)33-14-7-8-15-34(33)38(48)23-22-32(47)13-6-5-11-24-51-46(49)50;1-2-3-10-37-41-23-33(22-32(21-30-17-20-66-28-30)36(48)15-16-38(49)60-18-6-4-8-34(64-46(56)57)26-62-44(52)53)43(37)25-29-11-13-31(14-12-29)40(51)42-24-39(50)61-19-7-5-9-35(65-47(58)59)27-63-45(54)55/h7-10,14-21,25-26H,4-6,11-13,22-24,27H2,1-3H3;11-14,17,20,22-23,28,34-35H,2-10,15-16,18-19,21,24-27H2,1H3,(H,42,51)/b;32-22+. The van der Waals surface area contributed by atoms with Crippen molar-refractivity contribution in [3.05, 3.63) is 239 Å². The minimum absolute atomic E-state index is 0.0190. The summed E-state index contributed by atoms with van der Waals surface area (Å²) in [5, 5.41) is 53.5. The Kier molecular flexibility index (Phi) is 35.6. The lowest BCUT2D eigenvalue weighted by Crippen LogP contribution is -2.30. The van der Waals surface area contributed by atoms with Gasteiger partial charge < -0.3 is 52.7 Å². The van der Waals surface area contributed by atoms with Crippen LogP contribution in [0.2, 0.25) is 0 Å². The van der Waals surface area contributed by atoms with E-state index in [1.165, 1.54) is 11.3 Å². The normalized spacial score (nSPS) is 11.7. The fourth-order valence-corrected chi connectivity index (χ4v) is 13.6. The number of amides is 1. The number of hydrogen-bond donors (Lipinski definition) is 1. The van der Waals surface area contributed by atoms with Crippen molar-refractivity contribution in [2.75, 3.05) is 39.6 Å². The number of rotatable bonds is 52. The molecule has 9 aromatic rings. The van der Waals surface area contributed by atoms with Crippen molar-refractivity contribution in [2.45, 2.75) is 174 Å². The zero-order chi connectivity index (χ0) is 84.2. The summed E-state index contributed by atoms with van der Waals surface area (Å²) in [6.45, 7) is 5.58. The van der Waals surface area contributed by atoms with Gasteiger partial charge in [0.05, 0.1) is 60.2 Å². The van der Waals surface area contributed by atoms with Gasteiger partial charge in [0.15, 0.2) is 11.6 Å². The van der Waals surface area contributed by atoms with Crippen molar-refractivity contribution in [2.24, 2.45) is 7.05 Å². The van der Waals surface area contributed by atoms with Gasteiger partial charge in [0.2, 0.25) is 0 Å². The number of allylic oxidation sites excluding steroid dienone is 1. The summed E-state index contributed by atoms with van der Waals surface area (Å²) in [5.41, 5.74) is 12.9.